The number of para-hydroxylation sites is 1. The molecule has 5 N–H and O–H groups in total. The number of carbonyl (C=O) groups excluding carboxylic acids is 3. The van der Waals surface area contributed by atoms with Crippen molar-refractivity contribution in [3.8, 4) is 0 Å². The summed E-state index contributed by atoms with van der Waals surface area (Å²) >= 11 is 0. The van der Waals surface area contributed by atoms with Crippen LogP contribution >= 0.6 is 0 Å². The van der Waals surface area contributed by atoms with E-state index in [1.165, 1.54) is 0 Å². The lowest BCUT2D eigenvalue weighted by Crippen LogP contribution is -2.47. The molecule has 3 amide bonds. The molecule has 0 fully saturated rings. The van der Waals surface area contributed by atoms with Crippen LogP contribution in [0, 0.1) is 0 Å². The number of hydrogen-bond acceptors (Lipinski definition) is 5. The maximum atomic E-state index is 12.9. The van der Waals surface area contributed by atoms with Crippen molar-refractivity contribution < 1.29 is 29.0 Å². The van der Waals surface area contributed by atoms with Crippen molar-refractivity contribution >= 4 is 34.8 Å². The Bertz CT molecular complexity index is 1240. The predicted octanol–water partition coefficient (Wildman–Crippen LogP) is 4.05. The molecule has 0 aliphatic rings. The molecule has 10 heteroatoms. The third-order valence-electron chi connectivity index (χ3n) is 6.47. The number of aromatic nitrogens is 1. The number of aromatic amines is 1. The van der Waals surface area contributed by atoms with E-state index in [1.54, 1.807) is 0 Å². The average Bonchev–Trinajstić information content (AvgIpc) is 3.37. The molecule has 0 radical (unpaired) electrons. The number of rotatable bonds is 17. The van der Waals surface area contributed by atoms with Gasteiger partial charge in [-0.15, -0.1) is 0 Å². The van der Waals surface area contributed by atoms with Gasteiger partial charge >= 0.3 is 12.1 Å². The lowest BCUT2D eigenvalue weighted by Gasteiger charge is -2.19. The van der Waals surface area contributed by atoms with E-state index >= 15 is 0 Å². The van der Waals surface area contributed by atoms with Crippen molar-refractivity contribution in [2.75, 3.05) is 13.1 Å². The van der Waals surface area contributed by atoms with Crippen molar-refractivity contribution in [2.24, 2.45) is 0 Å². The first-order valence-corrected chi connectivity index (χ1v) is 13.7. The van der Waals surface area contributed by atoms with Crippen molar-refractivity contribution in [2.45, 2.75) is 64.0 Å². The van der Waals surface area contributed by atoms with Gasteiger partial charge in [-0.2, -0.15) is 0 Å². The number of carboxylic acid groups (broad SMARTS) is 1. The number of nitrogens with one attached hydrogen (secondary N) is 4. The molecule has 1 heterocycles. The molecule has 0 bridgehead atoms. The summed E-state index contributed by atoms with van der Waals surface area (Å²) in [4.78, 5) is 51.5. The molecule has 0 aliphatic heterocycles. The van der Waals surface area contributed by atoms with Crippen molar-refractivity contribution in [1.82, 2.24) is 20.9 Å². The Balaban J connectivity index is 1.44. The number of fused-ring (bicyclic) bond motifs is 1. The lowest BCUT2D eigenvalue weighted by atomic mass is 10.1. The summed E-state index contributed by atoms with van der Waals surface area (Å²) < 4.78 is 5.21. The van der Waals surface area contributed by atoms with Crippen LogP contribution in [-0.4, -0.2) is 53.1 Å². The van der Waals surface area contributed by atoms with Crippen LogP contribution in [0.15, 0.2) is 60.8 Å². The number of aliphatic carboxylic acids is 1. The molecular formula is C30H38N4O6. The summed E-state index contributed by atoms with van der Waals surface area (Å²) in [5, 5.41) is 18.2. The van der Waals surface area contributed by atoms with E-state index in [1.807, 2.05) is 60.8 Å². The number of carboxylic acids is 1. The van der Waals surface area contributed by atoms with Crippen molar-refractivity contribution in [3.05, 3.63) is 71.9 Å². The van der Waals surface area contributed by atoms with Gasteiger partial charge in [-0.1, -0.05) is 55.0 Å². The third-order valence-corrected chi connectivity index (χ3v) is 6.47. The Hall–Kier alpha value is -4.34. The molecule has 40 heavy (non-hydrogen) atoms. The van der Waals surface area contributed by atoms with Gasteiger partial charge in [0.15, 0.2) is 0 Å². The smallest absolute Gasteiger partial charge is 0.407 e. The minimum absolute atomic E-state index is 0.101. The number of amides is 3. The normalized spacial score (nSPS) is 11.5. The summed E-state index contributed by atoms with van der Waals surface area (Å²) in [6, 6.07) is 16.5. The molecule has 1 atom stereocenters. The van der Waals surface area contributed by atoms with E-state index in [0.29, 0.717) is 45.1 Å². The van der Waals surface area contributed by atoms with Gasteiger partial charge in [-0.25, -0.2) is 4.79 Å². The van der Waals surface area contributed by atoms with Gasteiger partial charge in [-0.05, 0) is 49.3 Å². The minimum Gasteiger partial charge on any atom is -0.481 e. The van der Waals surface area contributed by atoms with Gasteiger partial charge in [0, 0.05) is 43.0 Å². The van der Waals surface area contributed by atoms with Crippen molar-refractivity contribution in [3.63, 3.8) is 0 Å². The lowest BCUT2D eigenvalue weighted by molar-refractivity contribution is -0.137. The number of aryl methyl sites for hydroxylation is 1. The number of benzene rings is 2. The maximum Gasteiger partial charge on any atom is 0.407 e. The topological polar surface area (TPSA) is 150 Å². The second kappa shape index (κ2) is 16.6. The second-order valence-corrected chi connectivity index (χ2v) is 9.61. The molecule has 3 rings (SSSR count). The van der Waals surface area contributed by atoms with Crippen molar-refractivity contribution in [1.29, 1.82) is 0 Å². The zero-order valence-electron chi connectivity index (χ0n) is 22.6. The quantitative estimate of drug-likeness (QED) is 0.160. The molecule has 0 unspecified atom stereocenters. The SMILES string of the molecule is O=C(O)CCCCCNC(=O)[C@H](CCCNC(=O)OCc1ccccc1)NC(=O)CCc1c[nH]c2ccccc12. The first-order chi connectivity index (χ1) is 19.4. The number of alkyl carbamates (subject to hydrolysis) is 1. The Morgan fingerprint density at radius 2 is 1.60 bits per heavy atom. The highest BCUT2D eigenvalue weighted by molar-refractivity contribution is 5.88. The van der Waals surface area contributed by atoms with Crippen LogP contribution in [0.1, 0.15) is 56.1 Å². The number of unbranched alkanes of at least 4 members (excludes halogenated alkanes) is 2. The van der Waals surface area contributed by atoms with Gasteiger partial charge in [0.05, 0.1) is 0 Å². The van der Waals surface area contributed by atoms with E-state index in [2.05, 4.69) is 20.9 Å². The molecule has 3 aromatic rings. The summed E-state index contributed by atoms with van der Waals surface area (Å²) in [7, 11) is 0. The fraction of sp³-hybridized carbons (Fsp3) is 0.400. The molecule has 0 saturated heterocycles. The zero-order valence-corrected chi connectivity index (χ0v) is 22.6. The van der Waals surface area contributed by atoms with Crippen LogP contribution in [0.3, 0.4) is 0 Å². The van der Waals surface area contributed by atoms with Crippen LogP contribution in [0.25, 0.3) is 10.9 Å². The fourth-order valence-corrected chi connectivity index (χ4v) is 4.31. The largest absolute Gasteiger partial charge is 0.481 e. The standard InChI is InChI=1S/C30H38N4O6/c35-27(17-16-23-20-33-25-13-7-6-12-24(23)25)34-26(29(38)31-18-8-2-5-15-28(36)37)14-9-19-32-30(39)40-21-22-10-3-1-4-11-22/h1,3-4,6-7,10-13,20,26,33H,2,5,8-9,14-19,21H2,(H,31,38)(H,32,39)(H,34,35)(H,36,37)/t26-/m0/s1. The average molecular weight is 551 g/mol. The van der Waals surface area contributed by atoms with Gasteiger partial charge in [0.2, 0.25) is 11.8 Å². The number of hydrogen-bond donors (Lipinski definition) is 5. The summed E-state index contributed by atoms with van der Waals surface area (Å²) in [6.45, 7) is 0.846. The summed E-state index contributed by atoms with van der Waals surface area (Å²) in [5.41, 5.74) is 2.92. The third kappa shape index (κ3) is 10.8. The van der Waals surface area contributed by atoms with E-state index < -0.39 is 18.1 Å². The first-order valence-electron chi connectivity index (χ1n) is 13.7. The Kier molecular flexibility index (Phi) is 12.5. The van der Waals surface area contributed by atoms with Gasteiger partial charge in [0.25, 0.3) is 0 Å². The summed E-state index contributed by atoms with van der Waals surface area (Å²) in [5.74, 6) is -1.37. The van der Waals surface area contributed by atoms with E-state index in [9.17, 15) is 19.2 Å². The van der Waals surface area contributed by atoms with E-state index in [4.69, 9.17) is 9.84 Å². The molecule has 2 aromatic carbocycles. The zero-order chi connectivity index (χ0) is 28.6. The molecule has 0 aliphatic carbocycles. The van der Waals surface area contributed by atoms with Crippen LogP contribution < -0.4 is 16.0 Å². The molecule has 214 valence electrons. The molecule has 0 spiro atoms. The van der Waals surface area contributed by atoms with E-state index in [0.717, 1.165) is 22.0 Å². The fourth-order valence-electron chi connectivity index (χ4n) is 4.31. The highest BCUT2D eigenvalue weighted by Crippen LogP contribution is 2.19. The molecular weight excluding hydrogens is 512 g/mol. The highest BCUT2D eigenvalue weighted by atomic mass is 16.5. The second-order valence-electron chi connectivity index (χ2n) is 9.61. The Morgan fingerprint density at radius 1 is 0.850 bits per heavy atom. The molecule has 1 aromatic heterocycles. The van der Waals surface area contributed by atoms with Crippen LogP contribution in [0.2, 0.25) is 0 Å². The van der Waals surface area contributed by atoms with Gasteiger partial charge in [-0.3, -0.25) is 14.4 Å². The number of ether oxygens (including phenoxy) is 1. The summed E-state index contributed by atoms with van der Waals surface area (Å²) in [6.07, 6.45) is 4.88. The highest BCUT2D eigenvalue weighted by Gasteiger charge is 2.20. The number of carbonyl (C=O) groups is 4. The van der Waals surface area contributed by atoms with Gasteiger partial charge in [0.1, 0.15) is 12.6 Å². The Morgan fingerprint density at radius 3 is 2.40 bits per heavy atom. The molecule has 0 saturated carbocycles. The monoisotopic (exact) mass is 550 g/mol. The van der Waals surface area contributed by atoms with Crippen LogP contribution in [-0.2, 0) is 32.1 Å². The molecule has 10 nitrogen and oxygen atoms in total. The number of H-pyrrole nitrogens is 1. The maximum absolute atomic E-state index is 12.9. The van der Waals surface area contributed by atoms with Gasteiger partial charge < -0.3 is 30.8 Å². The minimum atomic E-state index is -0.836. The van der Waals surface area contributed by atoms with E-state index in [-0.39, 0.29) is 37.8 Å². The Labute approximate surface area is 233 Å². The van der Waals surface area contributed by atoms with Crippen LogP contribution in [0.5, 0.6) is 0 Å². The first kappa shape index (κ1) is 30.2. The van der Waals surface area contributed by atoms with Crippen LogP contribution in [0.4, 0.5) is 4.79 Å². The predicted molar refractivity (Wildman–Crippen MR) is 152 cm³/mol.